The Morgan fingerprint density at radius 3 is 2.00 bits per heavy atom. The van der Waals surface area contributed by atoms with Gasteiger partial charge in [0.2, 0.25) is 0 Å². The van der Waals surface area contributed by atoms with E-state index in [-0.39, 0.29) is 5.69 Å². The highest BCUT2D eigenvalue weighted by Gasteiger charge is 2.51. The Hall–Kier alpha value is -0.995. The highest BCUT2D eigenvalue weighted by molar-refractivity contribution is 6.62. The summed E-state index contributed by atoms with van der Waals surface area (Å²) in [5.74, 6) is 0. The first-order chi connectivity index (χ1) is 12.4. The smallest absolute Gasteiger partial charge is 0.399 e. The van der Waals surface area contributed by atoms with Gasteiger partial charge in [-0.2, -0.15) is 0 Å². The first-order valence-electron chi connectivity index (χ1n) is 10.7. The summed E-state index contributed by atoms with van der Waals surface area (Å²) >= 11 is 0. The van der Waals surface area contributed by atoms with Crippen LogP contribution in [0.4, 0.5) is 5.69 Å². The number of nitrogens with zero attached hydrogens (tertiary/aromatic N) is 1. The van der Waals surface area contributed by atoms with E-state index in [9.17, 15) is 0 Å². The van der Waals surface area contributed by atoms with Crippen molar-refractivity contribution < 1.29 is 20.3 Å². The highest BCUT2D eigenvalue weighted by atomic mass is 16.7. The maximum atomic E-state index is 8.11. The standard InChI is InChI=1S/C16H24BNO2/c1-15(2)16(3,4)20-17(19-15)13-7-9-14(10-8-13)18-11-5-6-12-18/h7-10H,5-6,11-12H2,1-4H3/i5D2,6D2,11D2,12D2. The first-order valence-corrected chi connectivity index (χ1v) is 6.66. The van der Waals surface area contributed by atoms with Crippen molar-refractivity contribution in [1.29, 1.82) is 0 Å². The van der Waals surface area contributed by atoms with E-state index in [1.165, 1.54) is 12.1 Å². The Kier molecular flexibility index (Phi) is 1.75. The topological polar surface area (TPSA) is 21.7 Å². The highest BCUT2D eigenvalue weighted by Crippen LogP contribution is 2.36. The molecule has 1 aromatic carbocycles. The number of benzene rings is 1. The average molecular weight is 281 g/mol. The van der Waals surface area contributed by atoms with Crippen LogP contribution in [0.3, 0.4) is 0 Å². The van der Waals surface area contributed by atoms with Gasteiger partial charge in [-0.1, -0.05) is 12.1 Å². The van der Waals surface area contributed by atoms with Gasteiger partial charge in [-0.3, -0.25) is 0 Å². The average Bonchev–Trinajstić information content (AvgIpc) is 2.78. The molecule has 2 fully saturated rings. The molecule has 0 spiro atoms. The Labute approximate surface area is 133 Å². The van der Waals surface area contributed by atoms with E-state index in [1.54, 1.807) is 12.1 Å². The second-order valence-electron chi connectivity index (χ2n) is 5.99. The Bertz CT molecular complexity index is 739. The van der Waals surface area contributed by atoms with E-state index >= 15 is 0 Å². The van der Waals surface area contributed by atoms with E-state index in [0.29, 0.717) is 10.4 Å². The maximum Gasteiger partial charge on any atom is 0.494 e. The summed E-state index contributed by atoms with van der Waals surface area (Å²) in [6.45, 7) is 1.87. The van der Waals surface area contributed by atoms with Gasteiger partial charge >= 0.3 is 7.12 Å². The molecule has 0 atom stereocenters. The molecule has 2 aliphatic rings. The molecule has 0 aliphatic carbocycles. The minimum Gasteiger partial charge on any atom is -0.399 e. The molecule has 0 saturated carbocycles. The second-order valence-corrected chi connectivity index (χ2v) is 5.99. The predicted molar refractivity (Wildman–Crippen MR) is 83.6 cm³/mol. The maximum absolute atomic E-state index is 8.11. The molecule has 1 aromatic rings. The van der Waals surface area contributed by atoms with Crippen LogP contribution in [-0.4, -0.2) is 31.3 Å². The van der Waals surface area contributed by atoms with Gasteiger partial charge in [-0.25, -0.2) is 0 Å². The summed E-state index contributed by atoms with van der Waals surface area (Å²) in [7, 11) is -0.649. The predicted octanol–water partition coefficient (Wildman–Crippen LogP) is 2.59. The zero-order valence-electron chi connectivity index (χ0n) is 20.2. The van der Waals surface area contributed by atoms with Crippen molar-refractivity contribution in [1.82, 2.24) is 0 Å². The van der Waals surface area contributed by atoms with Crippen molar-refractivity contribution >= 4 is 18.3 Å². The molecule has 0 bridgehead atoms. The van der Waals surface area contributed by atoms with Crippen LogP contribution in [-0.2, 0) is 9.31 Å². The van der Waals surface area contributed by atoms with Crippen LogP contribution in [0.15, 0.2) is 24.3 Å². The van der Waals surface area contributed by atoms with Crippen LogP contribution in [0.5, 0.6) is 0 Å². The summed E-state index contributed by atoms with van der Waals surface area (Å²) in [5.41, 5.74) is -0.395. The van der Waals surface area contributed by atoms with Gasteiger partial charge in [0.05, 0.1) is 11.2 Å². The molecule has 0 unspecified atom stereocenters. The summed E-state index contributed by atoms with van der Waals surface area (Å²) < 4.78 is 75.9. The molecule has 0 radical (unpaired) electrons. The molecular formula is C16H24BNO2. The minimum absolute atomic E-state index is 0.0283. The number of anilines is 1. The lowest BCUT2D eigenvalue weighted by Gasteiger charge is -2.32. The zero-order chi connectivity index (χ0) is 21.6. The largest absolute Gasteiger partial charge is 0.494 e. The fraction of sp³-hybridized carbons (Fsp3) is 0.625. The molecular weight excluding hydrogens is 249 g/mol. The van der Waals surface area contributed by atoms with Crippen molar-refractivity contribution in [2.45, 2.75) is 51.6 Å². The zero-order valence-corrected chi connectivity index (χ0v) is 12.2. The van der Waals surface area contributed by atoms with Gasteiger partial charge in [0.15, 0.2) is 0 Å². The number of hydrogen-bond donors (Lipinski definition) is 0. The van der Waals surface area contributed by atoms with Crippen molar-refractivity contribution in [2.75, 3.05) is 17.9 Å². The SMILES string of the molecule is [2H]C1([2H])N(c2ccc(B3OC(C)(C)C(C)(C)O3)cc2)C([2H])([2H])C([2H])([2H])C1([2H])[2H]. The van der Waals surface area contributed by atoms with Crippen molar-refractivity contribution in [3.8, 4) is 0 Å². The van der Waals surface area contributed by atoms with E-state index in [1.807, 2.05) is 27.7 Å². The molecule has 2 saturated heterocycles. The fourth-order valence-corrected chi connectivity index (χ4v) is 2.08. The normalized spacial score (nSPS) is 40.4. The van der Waals surface area contributed by atoms with Crippen LogP contribution in [0, 0.1) is 0 Å². The molecule has 2 aliphatic heterocycles. The van der Waals surface area contributed by atoms with Crippen molar-refractivity contribution in [3.05, 3.63) is 24.3 Å². The van der Waals surface area contributed by atoms with Gasteiger partial charge in [0.25, 0.3) is 0 Å². The molecule has 108 valence electrons. The third kappa shape index (κ3) is 2.36. The van der Waals surface area contributed by atoms with Gasteiger partial charge in [-0.15, -0.1) is 0 Å². The van der Waals surface area contributed by atoms with Gasteiger partial charge < -0.3 is 14.2 Å². The Morgan fingerprint density at radius 2 is 1.50 bits per heavy atom. The third-order valence-corrected chi connectivity index (χ3v) is 4.07. The van der Waals surface area contributed by atoms with E-state index in [0.717, 1.165) is 0 Å². The van der Waals surface area contributed by atoms with Crippen LogP contribution in [0.25, 0.3) is 0 Å². The summed E-state index contributed by atoms with van der Waals surface area (Å²) in [6.07, 6.45) is -6.12. The quantitative estimate of drug-likeness (QED) is 0.778. The van der Waals surface area contributed by atoms with Gasteiger partial charge in [0, 0.05) is 29.6 Å². The summed E-state index contributed by atoms with van der Waals surface area (Å²) in [6, 6.07) is 6.03. The lowest BCUT2D eigenvalue weighted by Crippen LogP contribution is -2.41. The van der Waals surface area contributed by atoms with Crippen LogP contribution >= 0.6 is 0 Å². The molecule has 2 heterocycles. The summed E-state index contributed by atoms with van der Waals surface area (Å²) in [5, 5.41) is 0. The molecule has 0 aromatic heterocycles. The van der Waals surface area contributed by atoms with E-state index < -0.39 is 44.1 Å². The van der Waals surface area contributed by atoms with E-state index in [4.69, 9.17) is 20.3 Å². The molecule has 4 heteroatoms. The first kappa shape index (κ1) is 7.32. The Balaban J connectivity index is 1.96. The van der Waals surface area contributed by atoms with Crippen molar-refractivity contribution in [3.63, 3.8) is 0 Å². The lowest BCUT2D eigenvalue weighted by molar-refractivity contribution is 0.00578. The van der Waals surface area contributed by atoms with Crippen LogP contribution < -0.4 is 10.4 Å². The van der Waals surface area contributed by atoms with Crippen molar-refractivity contribution in [2.24, 2.45) is 0 Å². The third-order valence-electron chi connectivity index (χ3n) is 4.07. The van der Waals surface area contributed by atoms with Crippen LogP contribution in [0.1, 0.15) is 51.4 Å². The minimum atomic E-state index is -3.06. The Morgan fingerprint density at radius 1 is 1.00 bits per heavy atom. The molecule has 3 rings (SSSR count). The van der Waals surface area contributed by atoms with Crippen LogP contribution in [0.2, 0.25) is 0 Å². The van der Waals surface area contributed by atoms with Gasteiger partial charge in [0.1, 0.15) is 0 Å². The van der Waals surface area contributed by atoms with Gasteiger partial charge in [-0.05, 0) is 58.0 Å². The molecule has 0 N–H and O–H groups in total. The second kappa shape index (κ2) is 4.78. The molecule has 3 nitrogen and oxygen atoms in total. The fourth-order valence-electron chi connectivity index (χ4n) is 2.08. The number of hydrogen-bond acceptors (Lipinski definition) is 3. The lowest BCUT2D eigenvalue weighted by atomic mass is 9.79. The number of rotatable bonds is 2. The molecule has 20 heavy (non-hydrogen) atoms. The summed E-state index contributed by atoms with van der Waals surface area (Å²) in [4.78, 5) is 0.536. The van der Waals surface area contributed by atoms with E-state index in [2.05, 4.69) is 0 Å². The molecule has 0 amide bonds. The monoisotopic (exact) mass is 281 g/mol.